The van der Waals surface area contributed by atoms with Crippen molar-refractivity contribution in [1.82, 2.24) is 4.90 Å². The van der Waals surface area contributed by atoms with Gasteiger partial charge in [0.25, 0.3) is 0 Å². The summed E-state index contributed by atoms with van der Waals surface area (Å²) in [5, 5.41) is 0. The summed E-state index contributed by atoms with van der Waals surface area (Å²) in [5.41, 5.74) is 5.86. The van der Waals surface area contributed by atoms with Gasteiger partial charge in [0, 0.05) is 22.3 Å². The predicted octanol–water partition coefficient (Wildman–Crippen LogP) is 2.87. The third-order valence-corrected chi connectivity index (χ3v) is 5.17. The molecule has 2 nitrogen and oxygen atoms in total. The van der Waals surface area contributed by atoms with Gasteiger partial charge in [0.05, 0.1) is 0 Å². The molecule has 17 heavy (non-hydrogen) atoms. The molecule has 1 saturated carbocycles. The number of hydrogen-bond donors (Lipinski definition) is 1. The van der Waals surface area contributed by atoms with Crippen LogP contribution >= 0.6 is 11.3 Å². The summed E-state index contributed by atoms with van der Waals surface area (Å²) in [7, 11) is 2.25. The number of nitrogens with zero attached hydrogens (tertiary/aromatic N) is 1. The molecule has 0 aliphatic heterocycles. The molecule has 3 heteroatoms. The summed E-state index contributed by atoms with van der Waals surface area (Å²) < 4.78 is 0. The van der Waals surface area contributed by atoms with Crippen LogP contribution in [0.4, 0.5) is 0 Å². The first-order valence-corrected chi connectivity index (χ1v) is 7.54. The maximum Gasteiger partial charge on any atom is 0.0328 e. The minimum Gasteiger partial charge on any atom is -0.330 e. The van der Waals surface area contributed by atoms with Crippen molar-refractivity contribution in [3.05, 3.63) is 21.9 Å². The lowest BCUT2D eigenvalue weighted by Crippen LogP contribution is -2.37. The first-order chi connectivity index (χ1) is 8.24. The van der Waals surface area contributed by atoms with Gasteiger partial charge in [0.1, 0.15) is 0 Å². The fourth-order valence-corrected chi connectivity index (χ4v) is 3.95. The minimum absolute atomic E-state index is 0.701. The highest BCUT2D eigenvalue weighted by Crippen LogP contribution is 2.30. The lowest BCUT2D eigenvalue weighted by molar-refractivity contribution is 0.194. The molecule has 2 unspecified atom stereocenters. The molecule has 1 aliphatic rings. The van der Waals surface area contributed by atoms with Crippen LogP contribution in [0, 0.1) is 5.92 Å². The number of thiophene rings is 1. The maximum absolute atomic E-state index is 5.86. The van der Waals surface area contributed by atoms with E-state index in [4.69, 9.17) is 5.73 Å². The molecule has 1 fully saturated rings. The summed E-state index contributed by atoms with van der Waals surface area (Å²) >= 11 is 1.96. The monoisotopic (exact) mass is 252 g/mol. The standard InChI is InChI=1S/C14H24N2S/c1-3-12-7-8-13(17-12)10-16(2)14-6-4-5-11(14)9-15/h7-8,11,14H,3-6,9-10,15H2,1-2H3. The molecule has 1 aromatic heterocycles. The van der Waals surface area contributed by atoms with Crippen LogP contribution in [0.5, 0.6) is 0 Å². The summed E-state index contributed by atoms with van der Waals surface area (Å²) in [5.74, 6) is 0.714. The van der Waals surface area contributed by atoms with Gasteiger partial charge < -0.3 is 5.73 Å². The van der Waals surface area contributed by atoms with Gasteiger partial charge in [-0.3, -0.25) is 4.90 Å². The topological polar surface area (TPSA) is 29.3 Å². The Kier molecular flexibility index (Phi) is 4.60. The fraction of sp³-hybridized carbons (Fsp3) is 0.714. The van der Waals surface area contributed by atoms with Gasteiger partial charge in [0.2, 0.25) is 0 Å². The molecular formula is C14H24N2S. The Hall–Kier alpha value is -0.380. The van der Waals surface area contributed by atoms with E-state index >= 15 is 0 Å². The number of rotatable bonds is 5. The van der Waals surface area contributed by atoms with Crippen LogP contribution in [0.1, 0.15) is 35.9 Å². The van der Waals surface area contributed by atoms with Crippen molar-refractivity contribution >= 4 is 11.3 Å². The first kappa shape index (κ1) is 13.1. The average molecular weight is 252 g/mol. The van der Waals surface area contributed by atoms with E-state index < -0.39 is 0 Å². The zero-order valence-electron chi connectivity index (χ0n) is 11.0. The van der Waals surface area contributed by atoms with Gasteiger partial charge in [-0.1, -0.05) is 13.3 Å². The minimum atomic E-state index is 0.701. The Morgan fingerprint density at radius 3 is 2.76 bits per heavy atom. The smallest absolute Gasteiger partial charge is 0.0328 e. The van der Waals surface area contributed by atoms with E-state index in [1.807, 2.05) is 11.3 Å². The van der Waals surface area contributed by atoms with Gasteiger partial charge >= 0.3 is 0 Å². The van der Waals surface area contributed by atoms with E-state index in [2.05, 4.69) is 31.0 Å². The molecule has 0 spiro atoms. The Bertz CT molecular complexity index is 348. The summed E-state index contributed by atoms with van der Waals surface area (Å²) in [6.07, 6.45) is 5.14. The molecule has 0 radical (unpaired) electrons. The highest BCUT2D eigenvalue weighted by molar-refractivity contribution is 7.11. The molecule has 2 rings (SSSR count). The second-order valence-corrected chi connectivity index (χ2v) is 6.38. The third kappa shape index (κ3) is 3.09. The van der Waals surface area contributed by atoms with E-state index in [1.165, 1.54) is 29.0 Å². The molecule has 0 bridgehead atoms. The zero-order chi connectivity index (χ0) is 12.3. The van der Waals surface area contributed by atoms with Crippen LogP contribution in [0.25, 0.3) is 0 Å². The van der Waals surface area contributed by atoms with Crippen LogP contribution in [0.15, 0.2) is 12.1 Å². The second kappa shape index (κ2) is 5.98. The third-order valence-electron chi connectivity index (χ3n) is 3.96. The largest absolute Gasteiger partial charge is 0.330 e. The van der Waals surface area contributed by atoms with Gasteiger partial charge in [-0.2, -0.15) is 0 Å². The van der Waals surface area contributed by atoms with Crippen molar-refractivity contribution < 1.29 is 0 Å². The van der Waals surface area contributed by atoms with Gasteiger partial charge in [-0.25, -0.2) is 0 Å². The van der Waals surface area contributed by atoms with Crippen LogP contribution < -0.4 is 5.73 Å². The lowest BCUT2D eigenvalue weighted by atomic mass is 10.0. The molecule has 2 N–H and O–H groups in total. The molecule has 2 atom stereocenters. The normalized spacial score (nSPS) is 24.7. The van der Waals surface area contributed by atoms with Crippen molar-refractivity contribution in [2.45, 2.75) is 45.2 Å². The van der Waals surface area contributed by atoms with E-state index in [0.717, 1.165) is 19.5 Å². The van der Waals surface area contributed by atoms with Crippen molar-refractivity contribution in [2.75, 3.05) is 13.6 Å². The molecule has 0 aromatic carbocycles. The summed E-state index contributed by atoms with van der Waals surface area (Å²) in [6, 6.07) is 5.25. The molecule has 1 aromatic rings. The summed E-state index contributed by atoms with van der Waals surface area (Å²) in [4.78, 5) is 5.50. The van der Waals surface area contributed by atoms with Crippen molar-refractivity contribution in [1.29, 1.82) is 0 Å². The Balaban J connectivity index is 1.93. The van der Waals surface area contributed by atoms with Gasteiger partial charge in [0.15, 0.2) is 0 Å². The molecule has 0 saturated heterocycles. The van der Waals surface area contributed by atoms with E-state index in [-0.39, 0.29) is 0 Å². The molecule has 1 heterocycles. The van der Waals surface area contributed by atoms with Crippen LogP contribution in [-0.4, -0.2) is 24.5 Å². The number of nitrogens with two attached hydrogens (primary N) is 1. The van der Waals surface area contributed by atoms with Crippen LogP contribution in [0.3, 0.4) is 0 Å². The summed E-state index contributed by atoms with van der Waals surface area (Å²) in [6.45, 7) is 4.16. The quantitative estimate of drug-likeness (QED) is 0.873. The molecular weight excluding hydrogens is 228 g/mol. The van der Waals surface area contributed by atoms with Crippen molar-refractivity contribution in [3.8, 4) is 0 Å². The van der Waals surface area contributed by atoms with Crippen LogP contribution in [-0.2, 0) is 13.0 Å². The maximum atomic E-state index is 5.86. The van der Waals surface area contributed by atoms with Gasteiger partial charge in [-0.15, -0.1) is 11.3 Å². The van der Waals surface area contributed by atoms with Gasteiger partial charge in [-0.05, 0) is 50.9 Å². The highest BCUT2D eigenvalue weighted by Gasteiger charge is 2.29. The zero-order valence-corrected chi connectivity index (χ0v) is 11.8. The number of aryl methyl sites for hydroxylation is 1. The molecule has 0 amide bonds. The number of hydrogen-bond acceptors (Lipinski definition) is 3. The molecule has 1 aliphatic carbocycles. The van der Waals surface area contributed by atoms with E-state index in [9.17, 15) is 0 Å². The first-order valence-electron chi connectivity index (χ1n) is 6.72. The highest BCUT2D eigenvalue weighted by atomic mass is 32.1. The lowest BCUT2D eigenvalue weighted by Gasteiger charge is -2.28. The fourth-order valence-electron chi connectivity index (χ4n) is 2.93. The van der Waals surface area contributed by atoms with E-state index in [0.29, 0.717) is 12.0 Å². The molecule has 96 valence electrons. The SMILES string of the molecule is CCc1ccc(CN(C)C2CCCC2CN)s1. The Morgan fingerprint density at radius 1 is 1.35 bits per heavy atom. The second-order valence-electron chi connectivity index (χ2n) is 5.13. The van der Waals surface area contributed by atoms with Crippen molar-refractivity contribution in [2.24, 2.45) is 11.7 Å². The predicted molar refractivity (Wildman–Crippen MR) is 75.3 cm³/mol. The Labute approximate surface area is 109 Å². The Morgan fingerprint density at radius 2 is 2.12 bits per heavy atom. The average Bonchev–Trinajstić information content (AvgIpc) is 2.96. The van der Waals surface area contributed by atoms with E-state index in [1.54, 1.807) is 0 Å². The van der Waals surface area contributed by atoms with Crippen LogP contribution in [0.2, 0.25) is 0 Å². The van der Waals surface area contributed by atoms with Crippen molar-refractivity contribution in [3.63, 3.8) is 0 Å².